The van der Waals surface area contributed by atoms with Crippen LogP contribution in [0.25, 0.3) is 0 Å². The average molecular weight is 179 g/mol. The van der Waals surface area contributed by atoms with Gasteiger partial charge in [-0.1, -0.05) is 0 Å². The maximum Gasteiger partial charge on any atom is 0.251 e. The largest absolute Gasteiger partial charge is 0.380 e. The van der Waals surface area contributed by atoms with Crippen molar-refractivity contribution in [1.29, 1.82) is 0 Å². The number of halogens is 2. The molecule has 0 aromatic carbocycles. The van der Waals surface area contributed by atoms with Crippen LogP contribution in [0.1, 0.15) is 25.7 Å². The Hall–Kier alpha value is -0.710. The highest BCUT2D eigenvalue weighted by Crippen LogP contribution is 2.38. The number of primary amides is 1. The molecule has 0 radical (unpaired) electrons. The highest BCUT2D eigenvalue weighted by atomic mass is 19.3. The first-order chi connectivity index (χ1) is 5.36. The lowest BCUT2D eigenvalue weighted by Crippen LogP contribution is -2.50. The van der Waals surface area contributed by atoms with E-state index in [1.54, 1.807) is 0 Å². The maximum atomic E-state index is 12.7. The van der Waals surface area contributed by atoms with Crippen LogP contribution in [0.15, 0.2) is 0 Å². The fraction of sp³-hybridized carbons (Fsp3) is 0.857. The van der Waals surface area contributed by atoms with Gasteiger partial charge in [-0.15, -0.1) is 0 Å². The summed E-state index contributed by atoms with van der Waals surface area (Å²) in [4.78, 5) is 10.6. The lowest BCUT2D eigenvalue weighted by atomic mass is 9.82. The van der Waals surface area contributed by atoms with Crippen molar-refractivity contribution in [2.75, 3.05) is 0 Å². The summed E-state index contributed by atoms with van der Waals surface area (Å²) in [5.41, 5.74) is 2.80. The van der Waals surface area contributed by atoms with E-state index in [1.165, 1.54) is 0 Å². The fourth-order valence-corrected chi connectivity index (χ4v) is 1.45. The lowest BCUT2D eigenvalue weighted by molar-refractivity contribution is -0.158. The highest BCUT2D eigenvalue weighted by Gasteiger charge is 2.48. The van der Waals surface area contributed by atoms with E-state index >= 15 is 0 Å². The molecule has 3 nitrogen and oxygen atoms in total. The first kappa shape index (κ1) is 9.38. The van der Waals surface area contributed by atoms with Crippen molar-refractivity contribution in [3.05, 3.63) is 0 Å². The molecule has 0 heterocycles. The third kappa shape index (κ3) is 1.72. The van der Waals surface area contributed by atoms with Crippen molar-refractivity contribution < 1.29 is 18.7 Å². The van der Waals surface area contributed by atoms with Gasteiger partial charge in [0.05, 0.1) is 0 Å². The van der Waals surface area contributed by atoms with E-state index < -0.39 is 23.9 Å². The molecule has 0 unspecified atom stereocenters. The van der Waals surface area contributed by atoms with Gasteiger partial charge in [0, 0.05) is 12.8 Å². The zero-order valence-electron chi connectivity index (χ0n) is 6.52. The van der Waals surface area contributed by atoms with Gasteiger partial charge in [0.25, 0.3) is 5.92 Å². The Labute approximate surface area is 68.5 Å². The van der Waals surface area contributed by atoms with Crippen LogP contribution in [0.4, 0.5) is 8.78 Å². The number of nitrogens with two attached hydrogens (primary N) is 1. The Morgan fingerprint density at radius 3 is 2.33 bits per heavy atom. The smallest absolute Gasteiger partial charge is 0.251 e. The summed E-state index contributed by atoms with van der Waals surface area (Å²) in [7, 11) is 0. The van der Waals surface area contributed by atoms with Crippen molar-refractivity contribution in [2.24, 2.45) is 5.73 Å². The number of aliphatic hydroxyl groups is 1. The first-order valence-corrected chi connectivity index (χ1v) is 3.76. The van der Waals surface area contributed by atoms with Gasteiger partial charge >= 0.3 is 0 Å². The van der Waals surface area contributed by atoms with Gasteiger partial charge in [0.1, 0.15) is 5.60 Å². The molecule has 1 fully saturated rings. The van der Waals surface area contributed by atoms with Gasteiger partial charge in [-0.3, -0.25) is 4.79 Å². The molecule has 1 amide bonds. The van der Waals surface area contributed by atoms with Crippen LogP contribution in [0, 0.1) is 0 Å². The molecule has 0 saturated heterocycles. The van der Waals surface area contributed by atoms with Crippen LogP contribution in [0.3, 0.4) is 0 Å². The van der Waals surface area contributed by atoms with Crippen LogP contribution in [-0.2, 0) is 4.79 Å². The fourth-order valence-electron chi connectivity index (χ4n) is 1.45. The Kier molecular flexibility index (Phi) is 2.07. The molecule has 5 heteroatoms. The maximum absolute atomic E-state index is 12.7. The van der Waals surface area contributed by atoms with Crippen molar-refractivity contribution in [2.45, 2.75) is 37.2 Å². The first-order valence-electron chi connectivity index (χ1n) is 3.76. The number of carbonyl (C=O) groups excluding carboxylic acids is 1. The molecule has 70 valence electrons. The van der Waals surface area contributed by atoms with E-state index in [0.717, 1.165) is 0 Å². The van der Waals surface area contributed by atoms with E-state index in [0.29, 0.717) is 0 Å². The minimum absolute atomic E-state index is 0.0396. The highest BCUT2D eigenvalue weighted by molar-refractivity contribution is 5.83. The average Bonchev–Trinajstić information content (AvgIpc) is 1.83. The zero-order chi connectivity index (χ0) is 9.41. The Balaban J connectivity index is 2.74. The molecule has 0 spiro atoms. The van der Waals surface area contributed by atoms with Crippen molar-refractivity contribution >= 4 is 5.91 Å². The predicted molar refractivity (Wildman–Crippen MR) is 37.6 cm³/mol. The van der Waals surface area contributed by atoms with E-state index in [9.17, 15) is 18.7 Å². The second kappa shape index (κ2) is 2.65. The summed E-state index contributed by atoms with van der Waals surface area (Å²) >= 11 is 0. The van der Waals surface area contributed by atoms with Crippen molar-refractivity contribution in [1.82, 2.24) is 0 Å². The van der Waals surface area contributed by atoms with E-state index in [1.807, 2.05) is 0 Å². The molecule has 1 atom stereocenters. The van der Waals surface area contributed by atoms with E-state index in [-0.39, 0.29) is 19.3 Å². The molecule has 12 heavy (non-hydrogen) atoms. The summed E-state index contributed by atoms with van der Waals surface area (Å²) < 4.78 is 25.4. The molecule has 0 aromatic rings. The molecule has 1 saturated carbocycles. The second-order valence-corrected chi connectivity index (χ2v) is 3.28. The molecule has 0 aliphatic heterocycles. The van der Waals surface area contributed by atoms with Crippen molar-refractivity contribution in [3.63, 3.8) is 0 Å². The number of alkyl halides is 2. The van der Waals surface area contributed by atoms with E-state index in [2.05, 4.69) is 0 Å². The zero-order valence-corrected chi connectivity index (χ0v) is 6.52. The van der Waals surface area contributed by atoms with Crippen LogP contribution < -0.4 is 5.73 Å². The van der Waals surface area contributed by atoms with Gasteiger partial charge in [-0.25, -0.2) is 8.78 Å². The minimum atomic E-state index is -2.96. The quantitative estimate of drug-likeness (QED) is 0.612. The molecule has 1 aliphatic carbocycles. The molecule has 1 rings (SSSR count). The summed E-state index contributed by atoms with van der Waals surface area (Å²) in [6.45, 7) is 0. The minimum Gasteiger partial charge on any atom is -0.380 e. The SMILES string of the molecule is NC(=O)[C@@]1(O)CCCC(F)(F)C1. The van der Waals surface area contributed by atoms with Gasteiger partial charge in [0.15, 0.2) is 0 Å². The van der Waals surface area contributed by atoms with Gasteiger partial charge in [-0.05, 0) is 12.8 Å². The van der Waals surface area contributed by atoms with Crippen LogP contribution in [0.5, 0.6) is 0 Å². The Bertz CT molecular complexity index is 208. The predicted octanol–water partition coefficient (Wildman–Crippen LogP) is 0.412. The topological polar surface area (TPSA) is 63.3 Å². The normalized spacial score (nSPS) is 34.6. The summed E-state index contributed by atoms with van der Waals surface area (Å²) in [5.74, 6) is -4.01. The van der Waals surface area contributed by atoms with Gasteiger partial charge < -0.3 is 10.8 Å². The Morgan fingerprint density at radius 1 is 1.42 bits per heavy atom. The number of hydrogen-bond donors (Lipinski definition) is 2. The third-order valence-electron chi connectivity index (χ3n) is 2.14. The van der Waals surface area contributed by atoms with Crippen molar-refractivity contribution in [3.8, 4) is 0 Å². The van der Waals surface area contributed by atoms with Crippen LogP contribution >= 0.6 is 0 Å². The van der Waals surface area contributed by atoms with Crippen LogP contribution in [-0.4, -0.2) is 22.5 Å². The molecular weight excluding hydrogens is 168 g/mol. The summed E-state index contributed by atoms with van der Waals surface area (Å²) in [5, 5.41) is 9.33. The monoisotopic (exact) mass is 179 g/mol. The molecular formula is C7H11F2NO2. The molecule has 0 bridgehead atoms. The number of carbonyl (C=O) groups is 1. The second-order valence-electron chi connectivity index (χ2n) is 3.28. The third-order valence-corrected chi connectivity index (χ3v) is 2.14. The standard InChI is InChI=1S/C7H11F2NO2/c8-7(9)3-1-2-6(12,4-7)5(10)11/h12H,1-4H2,(H2,10,11)/t6-/m1/s1. The van der Waals surface area contributed by atoms with Crippen LogP contribution in [0.2, 0.25) is 0 Å². The Morgan fingerprint density at radius 2 is 2.00 bits per heavy atom. The number of hydrogen-bond acceptors (Lipinski definition) is 2. The summed E-state index contributed by atoms with van der Waals surface area (Å²) in [6.07, 6.45) is -0.942. The summed E-state index contributed by atoms with van der Waals surface area (Å²) in [6, 6.07) is 0. The van der Waals surface area contributed by atoms with Gasteiger partial charge in [-0.2, -0.15) is 0 Å². The lowest BCUT2D eigenvalue weighted by Gasteiger charge is -2.33. The molecule has 3 N–H and O–H groups in total. The molecule has 1 aliphatic rings. The van der Waals surface area contributed by atoms with Gasteiger partial charge in [0.2, 0.25) is 5.91 Å². The number of rotatable bonds is 1. The number of amides is 1. The molecule has 0 aromatic heterocycles. The van der Waals surface area contributed by atoms with E-state index in [4.69, 9.17) is 5.73 Å².